The quantitative estimate of drug-likeness (QED) is 0.286. The number of fused-ring (bicyclic) bond motifs is 1. The Bertz CT molecular complexity index is 1190. The number of benzene rings is 3. The minimum Gasteiger partial charge on any atom is -0.453 e. The van der Waals surface area contributed by atoms with Gasteiger partial charge in [0.15, 0.2) is 5.78 Å². The van der Waals surface area contributed by atoms with Crippen molar-refractivity contribution in [2.75, 3.05) is 5.32 Å². The summed E-state index contributed by atoms with van der Waals surface area (Å²) in [6, 6.07) is 19.6. The molecule has 0 bridgehead atoms. The van der Waals surface area contributed by atoms with E-state index in [-0.39, 0.29) is 11.1 Å². The van der Waals surface area contributed by atoms with E-state index < -0.39 is 41.3 Å². The largest absolute Gasteiger partial charge is 0.453 e. The second-order valence-corrected chi connectivity index (χ2v) is 6.92. The van der Waals surface area contributed by atoms with E-state index in [0.29, 0.717) is 11.3 Å². The van der Waals surface area contributed by atoms with Crippen molar-refractivity contribution in [3.05, 3.63) is 101 Å². The average molecular weight is 417 g/mol. The maximum absolute atomic E-state index is 14.3. The van der Waals surface area contributed by atoms with E-state index in [1.807, 2.05) is 0 Å². The number of nitrogens with one attached hydrogen (secondary N) is 1. The zero-order chi connectivity index (χ0) is 22.0. The van der Waals surface area contributed by atoms with Gasteiger partial charge >= 0.3 is 5.97 Å². The van der Waals surface area contributed by atoms with Crippen molar-refractivity contribution in [1.29, 1.82) is 0 Å². The number of anilines is 1. The predicted octanol–water partition coefficient (Wildman–Crippen LogP) is 3.74. The van der Waals surface area contributed by atoms with Crippen molar-refractivity contribution >= 4 is 29.1 Å². The Balaban J connectivity index is 1.74. The van der Waals surface area contributed by atoms with E-state index >= 15 is 0 Å². The van der Waals surface area contributed by atoms with Crippen LogP contribution in [0.1, 0.15) is 32.4 Å². The predicted molar refractivity (Wildman–Crippen MR) is 109 cm³/mol. The Morgan fingerprint density at radius 3 is 2.26 bits per heavy atom. The topological polar surface area (TPSA) is 89.5 Å². The molecule has 1 aliphatic rings. The number of para-hydroxylation sites is 1. The number of carbonyl (C=O) groups is 4. The van der Waals surface area contributed by atoms with Gasteiger partial charge in [-0.05, 0) is 30.3 Å². The molecule has 3 aromatic carbocycles. The number of amides is 1. The second kappa shape index (κ2) is 8.31. The van der Waals surface area contributed by atoms with Crippen LogP contribution in [-0.4, -0.2) is 23.4 Å². The van der Waals surface area contributed by atoms with Gasteiger partial charge < -0.3 is 10.1 Å². The van der Waals surface area contributed by atoms with Gasteiger partial charge in [0.1, 0.15) is 17.8 Å². The molecule has 0 saturated heterocycles. The monoisotopic (exact) mass is 417 g/mol. The van der Waals surface area contributed by atoms with Crippen LogP contribution >= 0.6 is 0 Å². The smallest absolute Gasteiger partial charge is 0.339 e. The molecule has 0 saturated carbocycles. The van der Waals surface area contributed by atoms with Crippen LogP contribution in [0.4, 0.5) is 10.1 Å². The number of carbonyl (C=O) groups excluding carboxylic acids is 4. The summed E-state index contributed by atoms with van der Waals surface area (Å²) >= 11 is 0. The molecule has 1 heterocycles. The molecule has 0 aromatic heterocycles. The molecule has 1 amide bonds. The van der Waals surface area contributed by atoms with Crippen LogP contribution in [0.15, 0.2) is 78.9 Å². The van der Waals surface area contributed by atoms with E-state index in [1.54, 1.807) is 42.5 Å². The molecule has 154 valence electrons. The molecule has 0 unspecified atom stereocenters. The second-order valence-electron chi connectivity index (χ2n) is 6.92. The number of hydrogen-bond donors (Lipinski definition) is 1. The third-order valence-corrected chi connectivity index (χ3v) is 4.98. The van der Waals surface area contributed by atoms with Gasteiger partial charge in [0.2, 0.25) is 5.78 Å². The minimum atomic E-state index is -1.74. The first-order chi connectivity index (χ1) is 15.0. The SMILES string of the molecule is O=C(Nc1ccccc1)C(=O)[C@H](C(=O)c1ccccc1F)[C@H]1OC(=O)c2ccccc21. The van der Waals surface area contributed by atoms with Crippen LogP contribution in [0.5, 0.6) is 0 Å². The van der Waals surface area contributed by atoms with Crippen molar-refractivity contribution < 1.29 is 28.3 Å². The first kappa shape index (κ1) is 20.2. The molecule has 31 heavy (non-hydrogen) atoms. The molecule has 1 N–H and O–H groups in total. The van der Waals surface area contributed by atoms with Gasteiger partial charge in [-0.2, -0.15) is 0 Å². The first-order valence-electron chi connectivity index (χ1n) is 9.46. The summed E-state index contributed by atoms with van der Waals surface area (Å²) in [5.41, 5.74) is 0.466. The average Bonchev–Trinajstić information content (AvgIpc) is 3.11. The van der Waals surface area contributed by atoms with E-state index in [9.17, 15) is 23.6 Å². The minimum absolute atomic E-state index is 0.190. The fraction of sp³-hybridized carbons (Fsp3) is 0.0833. The van der Waals surface area contributed by atoms with Crippen LogP contribution in [0.2, 0.25) is 0 Å². The summed E-state index contributed by atoms with van der Waals surface area (Å²) < 4.78 is 19.6. The first-order valence-corrected chi connectivity index (χ1v) is 9.46. The summed E-state index contributed by atoms with van der Waals surface area (Å²) in [7, 11) is 0. The molecule has 1 aliphatic heterocycles. The molecule has 0 radical (unpaired) electrons. The van der Waals surface area contributed by atoms with Crippen molar-refractivity contribution in [1.82, 2.24) is 0 Å². The molecule has 0 spiro atoms. The lowest BCUT2D eigenvalue weighted by Crippen LogP contribution is -2.38. The van der Waals surface area contributed by atoms with Crippen LogP contribution in [-0.2, 0) is 14.3 Å². The molecule has 2 atom stereocenters. The zero-order valence-corrected chi connectivity index (χ0v) is 16.1. The summed E-state index contributed by atoms with van der Waals surface area (Å²) in [6.45, 7) is 0. The molecule has 7 heteroatoms. The summed E-state index contributed by atoms with van der Waals surface area (Å²) in [5.74, 6) is -6.45. The van der Waals surface area contributed by atoms with Gasteiger partial charge in [0.25, 0.3) is 5.91 Å². The van der Waals surface area contributed by atoms with Crippen molar-refractivity contribution in [2.24, 2.45) is 5.92 Å². The van der Waals surface area contributed by atoms with Gasteiger partial charge in [0, 0.05) is 11.3 Å². The number of Topliss-reactive ketones (excluding diaryl/α,β-unsaturated/α-hetero) is 2. The van der Waals surface area contributed by atoms with Gasteiger partial charge in [-0.25, -0.2) is 9.18 Å². The number of ketones is 2. The highest BCUT2D eigenvalue weighted by Crippen LogP contribution is 2.38. The number of rotatable bonds is 6. The Labute approximate surface area is 176 Å². The molecule has 0 fully saturated rings. The van der Waals surface area contributed by atoms with Crippen LogP contribution in [0, 0.1) is 11.7 Å². The number of cyclic esters (lactones) is 1. The summed E-state index contributed by atoms with van der Waals surface area (Å²) in [4.78, 5) is 51.3. The molecule has 0 aliphatic carbocycles. The summed E-state index contributed by atoms with van der Waals surface area (Å²) in [6.07, 6.45) is -1.34. The van der Waals surface area contributed by atoms with Gasteiger partial charge in [-0.15, -0.1) is 0 Å². The highest BCUT2D eigenvalue weighted by atomic mass is 19.1. The lowest BCUT2D eigenvalue weighted by molar-refractivity contribution is -0.138. The third-order valence-electron chi connectivity index (χ3n) is 4.98. The van der Waals surface area contributed by atoms with Gasteiger partial charge in [-0.3, -0.25) is 14.4 Å². The summed E-state index contributed by atoms with van der Waals surface area (Å²) in [5, 5.41) is 2.43. The van der Waals surface area contributed by atoms with E-state index in [0.717, 1.165) is 6.07 Å². The Morgan fingerprint density at radius 1 is 0.871 bits per heavy atom. The maximum Gasteiger partial charge on any atom is 0.339 e. The fourth-order valence-corrected chi connectivity index (χ4v) is 3.50. The van der Waals surface area contributed by atoms with E-state index in [2.05, 4.69) is 5.32 Å². The third kappa shape index (κ3) is 3.85. The van der Waals surface area contributed by atoms with Gasteiger partial charge in [0.05, 0.1) is 11.1 Å². The van der Waals surface area contributed by atoms with Crippen LogP contribution < -0.4 is 5.32 Å². The lowest BCUT2D eigenvalue weighted by atomic mass is 9.84. The van der Waals surface area contributed by atoms with E-state index in [4.69, 9.17) is 4.74 Å². The lowest BCUT2D eigenvalue weighted by Gasteiger charge is -2.21. The van der Waals surface area contributed by atoms with Crippen molar-refractivity contribution in [2.45, 2.75) is 6.10 Å². The molecular formula is C24H16FNO5. The van der Waals surface area contributed by atoms with E-state index in [1.165, 1.54) is 30.3 Å². The van der Waals surface area contributed by atoms with Crippen LogP contribution in [0.25, 0.3) is 0 Å². The Morgan fingerprint density at radius 2 is 1.52 bits per heavy atom. The molecular weight excluding hydrogens is 401 g/mol. The Hall–Kier alpha value is -4.13. The molecule has 4 rings (SSSR count). The zero-order valence-electron chi connectivity index (χ0n) is 16.1. The highest BCUT2D eigenvalue weighted by molar-refractivity contribution is 6.45. The normalized spacial score (nSPS) is 15.5. The maximum atomic E-state index is 14.3. The number of ether oxygens (including phenoxy) is 1. The number of esters is 1. The standard InChI is InChI=1S/C24H16FNO5/c25-18-13-7-6-12-17(18)20(27)19(21(28)23(29)26-14-8-2-1-3-9-14)22-15-10-4-5-11-16(15)24(30)31-22/h1-13,19,22H,(H,26,29)/t19-,22-/m0/s1. The Kier molecular flexibility index (Phi) is 5.41. The van der Waals surface area contributed by atoms with Crippen molar-refractivity contribution in [3.63, 3.8) is 0 Å². The number of hydrogen-bond acceptors (Lipinski definition) is 5. The van der Waals surface area contributed by atoms with Crippen LogP contribution in [0.3, 0.4) is 0 Å². The van der Waals surface area contributed by atoms with Crippen molar-refractivity contribution in [3.8, 4) is 0 Å². The fourth-order valence-electron chi connectivity index (χ4n) is 3.50. The van der Waals surface area contributed by atoms with Gasteiger partial charge in [-0.1, -0.05) is 48.5 Å². The molecule has 6 nitrogen and oxygen atoms in total. The highest BCUT2D eigenvalue weighted by Gasteiger charge is 2.46. The number of halogens is 1. The molecule has 3 aromatic rings.